The molecule has 122 valence electrons. The lowest BCUT2D eigenvalue weighted by Crippen LogP contribution is -2.15. The molecule has 0 bridgehead atoms. The zero-order chi connectivity index (χ0) is 17.4. The number of Topliss-reactive ketones (excluding diaryl/α,β-unsaturated/α-hetero) is 1. The largest absolute Gasteiger partial charge is 0.289 e. The molecule has 1 aliphatic carbocycles. The van der Waals surface area contributed by atoms with Gasteiger partial charge in [-0.1, -0.05) is 18.2 Å². The molecule has 0 saturated heterocycles. The Labute approximate surface area is 143 Å². The zero-order valence-electron chi connectivity index (χ0n) is 13.3. The number of hydrogen-bond acceptors (Lipinski definition) is 4. The molecule has 0 atom stereocenters. The molecule has 0 fully saturated rings. The van der Waals surface area contributed by atoms with Gasteiger partial charge in [0.1, 0.15) is 0 Å². The van der Waals surface area contributed by atoms with Gasteiger partial charge < -0.3 is 0 Å². The number of rotatable bonds is 2. The molecule has 0 saturated carbocycles. The van der Waals surface area contributed by atoms with Gasteiger partial charge >= 0.3 is 0 Å². The van der Waals surface area contributed by atoms with Crippen LogP contribution in [-0.4, -0.2) is 15.7 Å². The van der Waals surface area contributed by atoms with Crippen LogP contribution in [0.3, 0.4) is 0 Å². The van der Waals surface area contributed by atoms with Crippen LogP contribution in [0.15, 0.2) is 60.2 Å². The van der Waals surface area contributed by atoms with Gasteiger partial charge in [0.05, 0.1) is 16.1 Å². The quantitative estimate of drug-likeness (QED) is 0.398. The first kappa shape index (κ1) is 15.2. The van der Waals surface area contributed by atoms with Crippen molar-refractivity contribution in [3.8, 4) is 0 Å². The smallest absolute Gasteiger partial charge is 0.269 e. The molecule has 0 N–H and O–H groups in total. The Morgan fingerprint density at radius 2 is 1.80 bits per heavy atom. The van der Waals surface area contributed by atoms with Crippen molar-refractivity contribution in [2.75, 3.05) is 0 Å². The number of aromatic nitrogens is 1. The van der Waals surface area contributed by atoms with Crippen LogP contribution in [0, 0.1) is 10.1 Å². The van der Waals surface area contributed by atoms with Crippen LogP contribution in [0.2, 0.25) is 0 Å². The fourth-order valence-corrected chi connectivity index (χ4v) is 3.11. The van der Waals surface area contributed by atoms with Crippen molar-refractivity contribution in [3.63, 3.8) is 0 Å². The third-order valence-electron chi connectivity index (χ3n) is 4.42. The Bertz CT molecular complexity index is 1040. The first-order valence-electron chi connectivity index (χ1n) is 8.00. The number of benzene rings is 2. The van der Waals surface area contributed by atoms with E-state index >= 15 is 0 Å². The highest BCUT2D eigenvalue weighted by molar-refractivity contribution is 6.14. The van der Waals surface area contributed by atoms with Gasteiger partial charge in [0.15, 0.2) is 5.78 Å². The highest BCUT2D eigenvalue weighted by Crippen LogP contribution is 2.28. The second kappa shape index (κ2) is 5.94. The number of aryl methyl sites for hydroxylation is 1. The average Bonchev–Trinajstić information content (AvgIpc) is 2.63. The molecule has 1 aromatic heterocycles. The van der Waals surface area contributed by atoms with Crippen molar-refractivity contribution >= 4 is 28.4 Å². The first-order chi connectivity index (χ1) is 12.1. The van der Waals surface area contributed by atoms with Gasteiger partial charge in [0.25, 0.3) is 5.69 Å². The van der Waals surface area contributed by atoms with Crippen molar-refractivity contribution in [2.24, 2.45) is 0 Å². The van der Waals surface area contributed by atoms with E-state index in [0.29, 0.717) is 24.0 Å². The number of carbonyl (C=O) groups excluding carboxylic acids is 1. The SMILES string of the molecule is O=C1/C(=C/c2ccc([N+](=O)[O-])cc2)CCc2nc3ccccc3cc21. The molecule has 4 rings (SSSR count). The van der Waals surface area contributed by atoms with Crippen LogP contribution < -0.4 is 0 Å². The van der Waals surface area contributed by atoms with Crippen LogP contribution in [0.1, 0.15) is 28.0 Å². The van der Waals surface area contributed by atoms with E-state index in [1.54, 1.807) is 12.1 Å². The third kappa shape index (κ3) is 2.80. The van der Waals surface area contributed by atoms with Gasteiger partial charge in [-0.25, -0.2) is 0 Å². The molecule has 25 heavy (non-hydrogen) atoms. The Hall–Kier alpha value is -3.34. The first-order valence-corrected chi connectivity index (χ1v) is 8.00. The molecule has 0 spiro atoms. The van der Waals surface area contributed by atoms with Gasteiger partial charge in [-0.05, 0) is 48.7 Å². The van der Waals surface area contributed by atoms with E-state index in [1.165, 1.54) is 12.1 Å². The monoisotopic (exact) mass is 330 g/mol. The maximum Gasteiger partial charge on any atom is 0.269 e. The fraction of sp³-hybridized carbons (Fsp3) is 0.100. The lowest BCUT2D eigenvalue weighted by Gasteiger charge is -2.17. The molecule has 3 aromatic rings. The number of hydrogen-bond donors (Lipinski definition) is 0. The van der Waals surface area contributed by atoms with Crippen LogP contribution in [0.25, 0.3) is 17.0 Å². The maximum absolute atomic E-state index is 12.8. The van der Waals surface area contributed by atoms with E-state index in [0.717, 1.165) is 22.2 Å². The molecule has 0 unspecified atom stereocenters. The maximum atomic E-state index is 12.8. The fourth-order valence-electron chi connectivity index (χ4n) is 3.11. The second-order valence-corrected chi connectivity index (χ2v) is 6.02. The zero-order valence-corrected chi connectivity index (χ0v) is 13.3. The molecular weight excluding hydrogens is 316 g/mol. The molecule has 0 radical (unpaired) electrons. The summed E-state index contributed by atoms with van der Waals surface area (Å²) in [5.41, 5.74) is 3.92. The van der Waals surface area contributed by atoms with E-state index in [1.807, 2.05) is 36.4 Å². The molecule has 5 heteroatoms. The molecule has 1 heterocycles. The summed E-state index contributed by atoms with van der Waals surface area (Å²) >= 11 is 0. The third-order valence-corrected chi connectivity index (χ3v) is 4.42. The summed E-state index contributed by atoms with van der Waals surface area (Å²) in [4.78, 5) is 27.7. The molecule has 2 aromatic carbocycles. The summed E-state index contributed by atoms with van der Waals surface area (Å²) in [6, 6.07) is 15.9. The number of nitro groups is 1. The van der Waals surface area contributed by atoms with E-state index in [2.05, 4.69) is 4.98 Å². The predicted octanol–water partition coefficient (Wildman–Crippen LogP) is 4.36. The lowest BCUT2D eigenvalue weighted by molar-refractivity contribution is -0.384. The van der Waals surface area contributed by atoms with E-state index < -0.39 is 4.92 Å². The number of non-ortho nitro benzene ring substituents is 1. The van der Waals surface area contributed by atoms with Crippen LogP contribution in [-0.2, 0) is 6.42 Å². The van der Waals surface area contributed by atoms with Crippen molar-refractivity contribution in [1.29, 1.82) is 0 Å². The van der Waals surface area contributed by atoms with Gasteiger partial charge in [-0.2, -0.15) is 0 Å². The number of nitro benzene ring substituents is 1. The number of fused-ring (bicyclic) bond motifs is 2. The number of carbonyl (C=O) groups is 1. The second-order valence-electron chi connectivity index (χ2n) is 6.02. The standard InChI is InChI=1S/C20H14N2O3/c23-20-15(11-13-5-8-16(9-6-13)22(24)25)7-10-19-17(20)12-14-3-1-2-4-18(14)21-19/h1-6,8-9,11-12H,7,10H2/b15-11+. The lowest BCUT2D eigenvalue weighted by atomic mass is 9.88. The minimum absolute atomic E-state index is 0.0159. The van der Waals surface area contributed by atoms with Gasteiger partial charge in [0, 0.05) is 28.7 Å². The normalized spacial score (nSPS) is 15.4. The van der Waals surface area contributed by atoms with Gasteiger partial charge in [-0.3, -0.25) is 19.9 Å². The summed E-state index contributed by atoms with van der Waals surface area (Å²) in [6.45, 7) is 0. The van der Waals surface area contributed by atoms with Crippen molar-refractivity contribution in [2.45, 2.75) is 12.8 Å². The Morgan fingerprint density at radius 1 is 1.04 bits per heavy atom. The topological polar surface area (TPSA) is 73.1 Å². The van der Waals surface area contributed by atoms with E-state index in [-0.39, 0.29) is 11.5 Å². The van der Waals surface area contributed by atoms with Crippen molar-refractivity contribution in [3.05, 3.63) is 87.1 Å². The van der Waals surface area contributed by atoms with Crippen LogP contribution in [0.4, 0.5) is 5.69 Å². The summed E-state index contributed by atoms with van der Waals surface area (Å²) in [7, 11) is 0. The number of allylic oxidation sites excluding steroid dienone is 1. The number of ketones is 1. The van der Waals surface area contributed by atoms with E-state index in [9.17, 15) is 14.9 Å². The Balaban J connectivity index is 1.71. The highest BCUT2D eigenvalue weighted by atomic mass is 16.6. The average molecular weight is 330 g/mol. The number of nitrogens with zero attached hydrogens (tertiary/aromatic N) is 2. The Kier molecular flexibility index (Phi) is 3.61. The minimum atomic E-state index is -0.435. The summed E-state index contributed by atoms with van der Waals surface area (Å²) in [6.07, 6.45) is 3.14. The van der Waals surface area contributed by atoms with E-state index in [4.69, 9.17) is 0 Å². The summed E-state index contributed by atoms with van der Waals surface area (Å²) in [5, 5.41) is 11.7. The molecular formula is C20H14N2O3. The van der Waals surface area contributed by atoms with Crippen LogP contribution >= 0.6 is 0 Å². The Morgan fingerprint density at radius 3 is 2.56 bits per heavy atom. The predicted molar refractivity (Wildman–Crippen MR) is 95.5 cm³/mol. The molecule has 1 aliphatic rings. The summed E-state index contributed by atoms with van der Waals surface area (Å²) in [5.74, 6) is -0.0159. The molecule has 0 amide bonds. The molecule has 5 nitrogen and oxygen atoms in total. The molecule has 0 aliphatic heterocycles. The number of para-hydroxylation sites is 1. The number of pyridine rings is 1. The van der Waals surface area contributed by atoms with Crippen LogP contribution in [0.5, 0.6) is 0 Å². The van der Waals surface area contributed by atoms with Crippen molar-refractivity contribution < 1.29 is 9.72 Å². The van der Waals surface area contributed by atoms with Crippen molar-refractivity contribution in [1.82, 2.24) is 4.98 Å². The summed E-state index contributed by atoms with van der Waals surface area (Å²) < 4.78 is 0. The highest BCUT2D eigenvalue weighted by Gasteiger charge is 2.23. The van der Waals surface area contributed by atoms with Gasteiger partial charge in [0.2, 0.25) is 0 Å². The van der Waals surface area contributed by atoms with Gasteiger partial charge in [-0.15, -0.1) is 0 Å². The minimum Gasteiger partial charge on any atom is -0.289 e.